The molecule has 4 heterocycles. The number of thiazole rings is 1. The van der Waals surface area contributed by atoms with Crippen molar-refractivity contribution in [3.8, 4) is 0 Å². The van der Waals surface area contributed by atoms with Crippen LogP contribution in [0.25, 0.3) is 0 Å². The van der Waals surface area contributed by atoms with Crippen molar-refractivity contribution in [1.29, 1.82) is 0 Å². The molecule has 2 aromatic heterocycles. The van der Waals surface area contributed by atoms with E-state index in [2.05, 4.69) is 20.9 Å². The molecular weight excluding hydrogens is 510 g/mol. The number of piperidine rings is 2. The molecule has 2 aliphatic heterocycles. The van der Waals surface area contributed by atoms with Gasteiger partial charge in [0.15, 0.2) is 5.13 Å². The summed E-state index contributed by atoms with van der Waals surface area (Å²) in [6, 6.07) is 2.46. The van der Waals surface area contributed by atoms with E-state index in [-0.39, 0.29) is 30.7 Å². The number of carbonyl (C=O) groups is 3. The van der Waals surface area contributed by atoms with Crippen molar-refractivity contribution in [2.45, 2.75) is 57.9 Å². The summed E-state index contributed by atoms with van der Waals surface area (Å²) in [7, 11) is 0. The van der Waals surface area contributed by atoms with E-state index in [9.17, 15) is 19.5 Å². The second kappa shape index (κ2) is 12.8. The number of hydrogen-bond donors (Lipinski definition) is 4. The molecule has 2 aliphatic rings. The lowest BCUT2D eigenvalue weighted by Gasteiger charge is -2.37. The normalized spacial score (nSPS) is 18.1. The molecule has 1 unspecified atom stereocenters. The average Bonchev–Trinajstić information content (AvgIpc) is 3.57. The van der Waals surface area contributed by atoms with Crippen molar-refractivity contribution in [3.63, 3.8) is 0 Å². The lowest BCUT2D eigenvalue weighted by Crippen LogP contribution is -2.48. The van der Waals surface area contributed by atoms with Crippen LogP contribution in [0.4, 0.5) is 5.13 Å². The number of carboxylic acids is 1. The molecule has 9 nitrogen and oxygen atoms in total. The fraction of sp³-hybridized carbons (Fsp3) is 0.615. The minimum Gasteiger partial charge on any atom is -0.480 e. The quantitative estimate of drug-likeness (QED) is 0.360. The van der Waals surface area contributed by atoms with E-state index >= 15 is 0 Å². The second-order valence-corrected chi connectivity index (χ2v) is 12.2. The molecule has 2 fully saturated rings. The van der Waals surface area contributed by atoms with Crippen LogP contribution in [0.2, 0.25) is 0 Å². The summed E-state index contributed by atoms with van der Waals surface area (Å²) in [5.74, 6) is -0.311. The van der Waals surface area contributed by atoms with Crippen molar-refractivity contribution in [2.24, 2.45) is 11.8 Å². The monoisotopic (exact) mass is 547 g/mol. The summed E-state index contributed by atoms with van der Waals surface area (Å²) in [6.07, 6.45) is 4.92. The number of amides is 2. The Bertz CT molecular complexity index is 1060. The third-order valence-electron chi connectivity index (χ3n) is 7.27. The van der Waals surface area contributed by atoms with Crippen LogP contribution in [0, 0.1) is 11.8 Å². The Morgan fingerprint density at radius 3 is 2.49 bits per heavy atom. The van der Waals surface area contributed by atoms with Gasteiger partial charge < -0.3 is 26.0 Å². The number of anilines is 1. The first-order valence-electron chi connectivity index (χ1n) is 13.1. The van der Waals surface area contributed by atoms with E-state index in [1.807, 2.05) is 31.4 Å². The predicted molar refractivity (Wildman–Crippen MR) is 147 cm³/mol. The number of nitrogens with zero attached hydrogens (tertiary/aromatic N) is 2. The van der Waals surface area contributed by atoms with Gasteiger partial charge in [-0.2, -0.15) is 0 Å². The molecule has 0 saturated carbocycles. The van der Waals surface area contributed by atoms with Gasteiger partial charge >= 0.3 is 5.97 Å². The van der Waals surface area contributed by atoms with Crippen LogP contribution in [0.15, 0.2) is 17.5 Å². The molecule has 2 saturated heterocycles. The fourth-order valence-electron chi connectivity index (χ4n) is 5.18. The topological polar surface area (TPSA) is 124 Å². The number of nitrogens with one attached hydrogen (secondary N) is 3. The first-order chi connectivity index (χ1) is 17.8. The highest BCUT2D eigenvalue weighted by Crippen LogP contribution is 2.36. The lowest BCUT2D eigenvalue weighted by molar-refractivity contribution is -0.141. The highest BCUT2D eigenvalue weighted by atomic mass is 32.1. The van der Waals surface area contributed by atoms with Crippen molar-refractivity contribution in [3.05, 3.63) is 33.0 Å². The Balaban J connectivity index is 1.35. The summed E-state index contributed by atoms with van der Waals surface area (Å²) in [5, 5.41) is 21.0. The molecule has 2 amide bonds. The maximum atomic E-state index is 13.1. The summed E-state index contributed by atoms with van der Waals surface area (Å²) >= 11 is 2.81. The van der Waals surface area contributed by atoms with Crippen molar-refractivity contribution < 1.29 is 19.5 Å². The number of rotatable bonds is 10. The first-order valence-corrected chi connectivity index (χ1v) is 14.8. The Morgan fingerprint density at radius 2 is 1.86 bits per heavy atom. The molecule has 4 N–H and O–H groups in total. The standard InChI is InChI=1S/C26H37N5O4S2/c1-16(2)22-23(24(33)28-15-20(25(34)35)29-21(32)14-19-4-3-13-36-19)37-26(30-22)31-11-7-18(8-12-31)17-5-9-27-10-6-17/h3-4,13,16-18,20,27H,5-12,14-15H2,1-2H3,(H,28,33)(H,29,32)(H,34,35). The van der Waals surface area contributed by atoms with Crippen LogP contribution in [-0.4, -0.2) is 66.6 Å². The van der Waals surface area contributed by atoms with Crippen LogP contribution in [0.1, 0.15) is 65.7 Å². The molecule has 11 heteroatoms. The number of aromatic nitrogens is 1. The minimum atomic E-state index is -1.21. The molecule has 0 spiro atoms. The van der Waals surface area contributed by atoms with Gasteiger partial charge in [0.25, 0.3) is 5.91 Å². The largest absolute Gasteiger partial charge is 0.480 e. The zero-order valence-electron chi connectivity index (χ0n) is 21.5. The van der Waals surface area contributed by atoms with Gasteiger partial charge in [0.05, 0.1) is 12.1 Å². The molecule has 1 atom stereocenters. The molecule has 0 bridgehead atoms. The SMILES string of the molecule is CC(C)c1nc(N2CCC(C3CCNCC3)CC2)sc1C(=O)NCC(NC(=O)Cc1cccs1)C(=O)O. The highest BCUT2D eigenvalue weighted by Gasteiger charge is 2.30. The fourth-order valence-corrected chi connectivity index (χ4v) is 7.07. The van der Waals surface area contributed by atoms with Crippen LogP contribution >= 0.6 is 22.7 Å². The molecule has 0 aliphatic carbocycles. The van der Waals surface area contributed by atoms with E-state index in [1.54, 1.807) is 0 Å². The summed E-state index contributed by atoms with van der Waals surface area (Å²) in [5.41, 5.74) is 0.728. The summed E-state index contributed by atoms with van der Waals surface area (Å²) in [6.45, 7) is 7.93. The molecular formula is C26H37N5O4S2. The number of carbonyl (C=O) groups excluding carboxylic acids is 2. The lowest BCUT2D eigenvalue weighted by atomic mass is 9.79. The van der Waals surface area contributed by atoms with E-state index in [1.165, 1.54) is 35.5 Å². The van der Waals surface area contributed by atoms with Gasteiger partial charge in [0.1, 0.15) is 10.9 Å². The number of carboxylic acid groups (broad SMARTS) is 1. The maximum Gasteiger partial charge on any atom is 0.328 e. The van der Waals surface area contributed by atoms with Gasteiger partial charge in [-0.05, 0) is 68.0 Å². The number of hydrogen-bond acceptors (Lipinski definition) is 8. The maximum absolute atomic E-state index is 13.1. The van der Waals surface area contributed by atoms with Crippen LogP contribution in [-0.2, 0) is 16.0 Å². The molecule has 37 heavy (non-hydrogen) atoms. The van der Waals surface area contributed by atoms with Crippen molar-refractivity contribution >= 4 is 45.6 Å². The first kappa shape index (κ1) is 27.5. The van der Waals surface area contributed by atoms with Gasteiger partial charge in [0, 0.05) is 24.5 Å². The van der Waals surface area contributed by atoms with Gasteiger partial charge in [-0.25, -0.2) is 9.78 Å². The Labute approximate surface area is 226 Å². The predicted octanol–water partition coefficient (Wildman–Crippen LogP) is 3.09. The van der Waals surface area contributed by atoms with Crippen molar-refractivity contribution in [1.82, 2.24) is 20.9 Å². The Morgan fingerprint density at radius 1 is 1.16 bits per heavy atom. The van der Waals surface area contributed by atoms with E-state index in [4.69, 9.17) is 4.98 Å². The number of aliphatic carboxylic acids is 1. The van der Waals surface area contributed by atoms with Crippen molar-refractivity contribution in [2.75, 3.05) is 37.6 Å². The van der Waals surface area contributed by atoms with Gasteiger partial charge in [-0.15, -0.1) is 11.3 Å². The third-order valence-corrected chi connectivity index (χ3v) is 9.28. The van der Waals surface area contributed by atoms with Crippen LogP contribution in [0.3, 0.4) is 0 Å². The third kappa shape index (κ3) is 7.30. The minimum absolute atomic E-state index is 0.0544. The molecule has 4 rings (SSSR count). The van der Waals surface area contributed by atoms with Gasteiger partial charge in [0.2, 0.25) is 5.91 Å². The zero-order valence-corrected chi connectivity index (χ0v) is 23.1. The van der Waals surface area contributed by atoms with Gasteiger partial charge in [-0.3, -0.25) is 9.59 Å². The van der Waals surface area contributed by atoms with Crippen LogP contribution < -0.4 is 20.9 Å². The summed E-state index contributed by atoms with van der Waals surface area (Å²) in [4.78, 5) is 45.6. The molecule has 0 radical (unpaired) electrons. The highest BCUT2D eigenvalue weighted by molar-refractivity contribution is 7.17. The molecule has 0 aromatic carbocycles. The smallest absolute Gasteiger partial charge is 0.328 e. The average molecular weight is 548 g/mol. The zero-order chi connectivity index (χ0) is 26.4. The van der Waals surface area contributed by atoms with Crippen LogP contribution in [0.5, 0.6) is 0 Å². The molecule has 2 aromatic rings. The van der Waals surface area contributed by atoms with E-state index in [0.717, 1.165) is 66.6 Å². The number of thiophene rings is 1. The van der Waals surface area contributed by atoms with E-state index < -0.39 is 12.0 Å². The van der Waals surface area contributed by atoms with E-state index in [0.29, 0.717) is 4.88 Å². The second-order valence-electron chi connectivity index (χ2n) is 10.2. The molecule has 202 valence electrons. The van der Waals surface area contributed by atoms with Gasteiger partial charge in [-0.1, -0.05) is 31.3 Å². The Hall–Kier alpha value is -2.50. The Kier molecular flexibility index (Phi) is 9.55. The summed E-state index contributed by atoms with van der Waals surface area (Å²) < 4.78 is 0.